The van der Waals surface area contributed by atoms with Crippen molar-refractivity contribution in [2.75, 3.05) is 5.32 Å². The second-order valence-electron chi connectivity index (χ2n) is 3.51. The largest absolute Gasteiger partial charge is 0.366 e. The number of nitrogens with zero attached hydrogens (tertiary/aromatic N) is 2. The highest BCUT2D eigenvalue weighted by Crippen LogP contribution is 2.16. The topological polar surface area (TPSA) is 63.8 Å². The fraction of sp³-hybridized carbons (Fsp3) is 0.167. The van der Waals surface area contributed by atoms with Gasteiger partial charge in [0, 0.05) is 17.2 Å². The quantitative estimate of drug-likeness (QED) is 0.908. The predicted octanol–water partition coefficient (Wildman–Crippen LogP) is 2.31. The van der Waals surface area contributed by atoms with Crippen molar-refractivity contribution in [2.45, 2.75) is 13.1 Å². The van der Waals surface area contributed by atoms with Crippen molar-refractivity contribution in [3.8, 4) is 0 Å². The second-order valence-corrected chi connectivity index (χ2v) is 4.36. The third kappa shape index (κ3) is 3.25. The summed E-state index contributed by atoms with van der Waals surface area (Å²) in [5, 5.41) is 3.24. The molecule has 0 aliphatic heterocycles. The van der Waals surface area contributed by atoms with E-state index in [0.29, 0.717) is 18.9 Å². The summed E-state index contributed by atoms with van der Waals surface area (Å²) in [7, 11) is 0. The van der Waals surface area contributed by atoms with E-state index >= 15 is 0 Å². The van der Waals surface area contributed by atoms with Gasteiger partial charge in [0.1, 0.15) is 11.6 Å². The van der Waals surface area contributed by atoms with Crippen LogP contribution in [0.2, 0.25) is 0 Å². The SMILES string of the molecule is NCc1nccc(NCc2ccccc2Br)n1. The number of hydrogen-bond donors (Lipinski definition) is 2. The van der Waals surface area contributed by atoms with E-state index < -0.39 is 0 Å². The van der Waals surface area contributed by atoms with E-state index in [0.717, 1.165) is 10.3 Å². The molecule has 0 bridgehead atoms. The molecule has 0 atom stereocenters. The summed E-state index contributed by atoms with van der Waals surface area (Å²) in [4.78, 5) is 8.32. The fourth-order valence-corrected chi connectivity index (χ4v) is 1.85. The van der Waals surface area contributed by atoms with Gasteiger partial charge in [-0.1, -0.05) is 34.1 Å². The van der Waals surface area contributed by atoms with Crippen molar-refractivity contribution in [2.24, 2.45) is 5.73 Å². The van der Waals surface area contributed by atoms with Crippen LogP contribution >= 0.6 is 15.9 Å². The Balaban J connectivity index is 2.05. The van der Waals surface area contributed by atoms with E-state index in [2.05, 4.69) is 37.3 Å². The summed E-state index contributed by atoms with van der Waals surface area (Å²) in [6.45, 7) is 1.06. The summed E-state index contributed by atoms with van der Waals surface area (Å²) in [5.41, 5.74) is 6.67. The van der Waals surface area contributed by atoms with Crippen molar-refractivity contribution < 1.29 is 0 Å². The summed E-state index contributed by atoms with van der Waals surface area (Å²) in [6, 6.07) is 9.90. The zero-order chi connectivity index (χ0) is 12.1. The highest BCUT2D eigenvalue weighted by molar-refractivity contribution is 9.10. The number of benzene rings is 1. The van der Waals surface area contributed by atoms with Gasteiger partial charge in [0.15, 0.2) is 0 Å². The highest BCUT2D eigenvalue weighted by Gasteiger charge is 2.00. The van der Waals surface area contributed by atoms with E-state index in [-0.39, 0.29) is 0 Å². The molecule has 1 aromatic carbocycles. The molecule has 1 aromatic heterocycles. The van der Waals surface area contributed by atoms with Gasteiger partial charge in [-0.3, -0.25) is 0 Å². The Labute approximate surface area is 108 Å². The minimum Gasteiger partial charge on any atom is -0.366 e. The molecule has 2 aromatic rings. The Kier molecular flexibility index (Phi) is 4.06. The van der Waals surface area contributed by atoms with E-state index in [1.54, 1.807) is 6.20 Å². The number of halogens is 1. The molecule has 3 N–H and O–H groups in total. The molecule has 2 rings (SSSR count). The van der Waals surface area contributed by atoms with Gasteiger partial charge in [-0.05, 0) is 17.7 Å². The van der Waals surface area contributed by atoms with Gasteiger partial charge in [-0.25, -0.2) is 9.97 Å². The zero-order valence-corrected chi connectivity index (χ0v) is 10.8. The number of aromatic nitrogens is 2. The molecule has 0 fully saturated rings. The normalized spacial score (nSPS) is 10.2. The summed E-state index contributed by atoms with van der Waals surface area (Å²) in [6.07, 6.45) is 1.71. The number of hydrogen-bond acceptors (Lipinski definition) is 4. The van der Waals surface area contributed by atoms with Crippen LogP contribution in [0.1, 0.15) is 11.4 Å². The molecular weight excluding hydrogens is 280 g/mol. The lowest BCUT2D eigenvalue weighted by atomic mass is 10.2. The Morgan fingerprint density at radius 1 is 1.24 bits per heavy atom. The van der Waals surface area contributed by atoms with Crippen molar-refractivity contribution in [1.82, 2.24) is 9.97 Å². The van der Waals surface area contributed by atoms with E-state index in [1.807, 2.05) is 24.3 Å². The molecule has 0 unspecified atom stereocenters. The van der Waals surface area contributed by atoms with Crippen LogP contribution in [0, 0.1) is 0 Å². The van der Waals surface area contributed by atoms with Crippen LogP contribution in [-0.4, -0.2) is 9.97 Å². The van der Waals surface area contributed by atoms with Crippen LogP contribution in [-0.2, 0) is 13.1 Å². The van der Waals surface area contributed by atoms with Gasteiger partial charge in [-0.15, -0.1) is 0 Å². The molecule has 1 heterocycles. The Morgan fingerprint density at radius 2 is 2.06 bits per heavy atom. The average molecular weight is 293 g/mol. The highest BCUT2D eigenvalue weighted by atomic mass is 79.9. The van der Waals surface area contributed by atoms with Crippen molar-refractivity contribution in [1.29, 1.82) is 0 Å². The van der Waals surface area contributed by atoms with Crippen LogP contribution in [0.25, 0.3) is 0 Å². The van der Waals surface area contributed by atoms with Crippen LogP contribution in [0.3, 0.4) is 0 Å². The van der Waals surface area contributed by atoms with E-state index in [4.69, 9.17) is 5.73 Å². The van der Waals surface area contributed by atoms with Gasteiger partial charge in [0.2, 0.25) is 0 Å². The monoisotopic (exact) mass is 292 g/mol. The molecule has 88 valence electrons. The third-order valence-corrected chi connectivity index (χ3v) is 3.08. The lowest BCUT2D eigenvalue weighted by Crippen LogP contribution is -2.07. The molecular formula is C12H13BrN4. The first-order valence-electron chi connectivity index (χ1n) is 5.29. The lowest BCUT2D eigenvalue weighted by Gasteiger charge is -2.07. The molecule has 0 saturated heterocycles. The average Bonchev–Trinajstić information content (AvgIpc) is 2.38. The summed E-state index contributed by atoms with van der Waals surface area (Å²) < 4.78 is 1.08. The number of rotatable bonds is 4. The molecule has 17 heavy (non-hydrogen) atoms. The first-order chi connectivity index (χ1) is 8.29. The molecule has 5 heteroatoms. The Hall–Kier alpha value is -1.46. The van der Waals surface area contributed by atoms with Crippen molar-refractivity contribution in [3.63, 3.8) is 0 Å². The van der Waals surface area contributed by atoms with Crippen LogP contribution in [0.15, 0.2) is 41.0 Å². The molecule has 0 radical (unpaired) electrons. The lowest BCUT2D eigenvalue weighted by molar-refractivity contribution is 0.904. The van der Waals surface area contributed by atoms with Crippen LogP contribution in [0.5, 0.6) is 0 Å². The Morgan fingerprint density at radius 3 is 2.82 bits per heavy atom. The third-order valence-electron chi connectivity index (χ3n) is 2.31. The van der Waals surface area contributed by atoms with Gasteiger partial charge in [0.25, 0.3) is 0 Å². The van der Waals surface area contributed by atoms with Gasteiger partial charge < -0.3 is 11.1 Å². The number of nitrogens with one attached hydrogen (secondary N) is 1. The van der Waals surface area contributed by atoms with Gasteiger partial charge in [-0.2, -0.15) is 0 Å². The Bertz CT molecular complexity index is 501. The molecule has 4 nitrogen and oxygen atoms in total. The van der Waals surface area contributed by atoms with Gasteiger partial charge >= 0.3 is 0 Å². The molecule has 0 amide bonds. The number of anilines is 1. The standard InChI is InChI=1S/C12H13BrN4/c13-10-4-2-1-3-9(10)8-16-11-5-6-15-12(7-14)17-11/h1-6H,7-8,14H2,(H,15,16,17). The minimum atomic E-state index is 0.352. The van der Waals surface area contributed by atoms with Crippen LogP contribution < -0.4 is 11.1 Å². The molecule has 0 aliphatic rings. The first kappa shape index (κ1) is 12.0. The molecule has 0 spiro atoms. The molecule has 0 saturated carbocycles. The predicted molar refractivity (Wildman–Crippen MR) is 71.4 cm³/mol. The number of nitrogens with two attached hydrogens (primary N) is 1. The van der Waals surface area contributed by atoms with Crippen LogP contribution in [0.4, 0.5) is 5.82 Å². The van der Waals surface area contributed by atoms with Crippen molar-refractivity contribution in [3.05, 3.63) is 52.4 Å². The van der Waals surface area contributed by atoms with E-state index in [9.17, 15) is 0 Å². The maximum atomic E-state index is 5.49. The fourth-order valence-electron chi connectivity index (χ4n) is 1.42. The first-order valence-corrected chi connectivity index (χ1v) is 6.08. The minimum absolute atomic E-state index is 0.352. The maximum absolute atomic E-state index is 5.49. The van der Waals surface area contributed by atoms with Gasteiger partial charge in [0.05, 0.1) is 6.54 Å². The zero-order valence-electron chi connectivity index (χ0n) is 9.23. The summed E-state index contributed by atoms with van der Waals surface area (Å²) in [5.74, 6) is 1.43. The molecule has 0 aliphatic carbocycles. The van der Waals surface area contributed by atoms with E-state index in [1.165, 1.54) is 5.56 Å². The summed E-state index contributed by atoms with van der Waals surface area (Å²) >= 11 is 3.51. The second kappa shape index (κ2) is 5.75. The maximum Gasteiger partial charge on any atom is 0.144 e. The van der Waals surface area contributed by atoms with Crippen molar-refractivity contribution >= 4 is 21.7 Å². The smallest absolute Gasteiger partial charge is 0.144 e.